The topological polar surface area (TPSA) is 104 Å². The summed E-state index contributed by atoms with van der Waals surface area (Å²) in [5.74, 6) is -0.553. The van der Waals surface area contributed by atoms with Gasteiger partial charge in [0.25, 0.3) is 5.91 Å². The molecule has 2 fully saturated rings. The average molecular weight is 380 g/mol. The standard InChI is InChI=1S/C17H24N4O4S/c1-19-8-9-20(12-15(19)16(18)22)17(23)13-5-4-6-14(11-13)21-7-2-3-10-26(21,24)25/h4-6,11,15H,2-3,7-10,12H2,1H3,(H2,18,22). The molecule has 1 unspecified atom stereocenters. The summed E-state index contributed by atoms with van der Waals surface area (Å²) in [6.45, 7) is 1.71. The van der Waals surface area contributed by atoms with E-state index in [9.17, 15) is 18.0 Å². The van der Waals surface area contributed by atoms with Crippen molar-refractivity contribution in [3.05, 3.63) is 29.8 Å². The number of piperazine rings is 1. The van der Waals surface area contributed by atoms with Crippen molar-refractivity contribution in [1.82, 2.24) is 9.80 Å². The Morgan fingerprint density at radius 2 is 1.92 bits per heavy atom. The Labute approximate surface area is 153 Å². The van der Waals surface area contributed by atoms with Gasteiger partial charge in [-0.25, -0.2) is 8.42 Å². The van der Waals surface area contributed by atoms with Gasteiger partial charge >= 0.3 is 0 Å². The molecule has 142 valence electrons. The third-order valence-electron chi connectivity index (χ3n) is 4.99. The molecule has 0 bridgehead atoms. The van der Waals surface area contributed by atoms with Crippen molar-refractivity contribution in [3.63, 3.8) is 0 Å². The number of primary amides is 1. The van der Waals surface area contributed by atoms with E-state index in [0.717, 1.165) is 6.42 Å². The fourth-order valence-corrected chi connectivity index (χ4v) is 5.05. The zero-order valence-electron chi connectivity index (χ0n) is 14.8. The molecule has 3 rings (SSSR count). The van der Waals surface area contributed by atoms with Crippen molar-refractivity contribution >= 4 is 27.5 Å². The number of benzene rings is 1. The first-order chi connectivity index (χ1) is 12.3. The van der Waals surface area contributed by atoms with Gasteiger partial charge in [-0.3, -0.25) is 18.8 Å². The van der Waals surface area contributed by atoms with Gasteiger partial charge in [0.1, 0.15) is 6.04 Å². The first kappa shape index (κ1) is 18.7. The number of amides is 2. The summed E-state index contributed by atoms with van der Waals surface area (Å²) < 4.78 is 26.0. The van der Waals surface area contributed by atoms with Crippen LogP contribution in [0, 0.1) is 0 Å². The molecule has 2 aliphatic rings. The lowest BCUT2D eigenvalue weighted by molar-refractivity contribution is -0.124. The number of carbonyl (C=O) groups excluding carboxylic acids is 2. The number of rotatable bonds is 3. The lowest BCUT2D eigenvalue weighted by Crippen LogP contribution is -2.57. The monoisotopic (exact) mass is 380 g/mol. The number of hydrogen-bond donors (Lipinski definition) is 1. The first-order valence-corrected chi connectivity index (χ1v) is 10.3. The highest BCUT2D eigenvalue weighted by Gasteiger charge is 2.32. The summed E-state index contributed by atoms with van der Waals surface area (Å²) >= 11 is 0. The highest BCUT2D eigenvalue weighted by Crippen LogP contribution is 2.25. The molecule has 0 aromatic heterocycles. The molecule has 2 aliphatic heterocycles. The number of nitrogens with zero attached hydrogens (tertiary/aromatic N) is 3. The van der Waals surface area contributed by atoms with Gasteiger partial charge in [-0.05, 0) is 38.1 Å². The summed E-state index contributed by atoms with van der Waals surface area (Å²) in [6, 6.07) is 6.16. The van der Waals surface area contributed by atoms with Crippen molar-refractivity contribution in [2.75, 3.05) is 43.3 Å². The molecule has 1 atom stereocenters. The Morgan fingerprint density at radius 1 is 1.15 bits per heavy atom. The minimum absolute atomic E-state index is 0.129. The summed E-state index contributed by atoms with van der Waals surface area (Å²) in [5, 5.41) is 0. The van der Waals surface area contributed by atoms with Gasteiger partial charge in [0.05, 0.1) is 11.4 Å². The highest BCUT2D eigenvalue weighted by atomic mass is 32.2. The van der Waals surface area contributed by atoms with E-state index in [4.69, 9.17) is 5.73 Å². The van der Waals surface area contributed by atoms with E-state index < -0.39 is 22.0 Å². The van der Waals surface area contributed by atoms with Crippen LogP contribution < -0.4 is 10.0 Å². The first-order valence-electron chi connectivity index (χ1n) is 8.69. The third-order valence-corrected chi connectivity index (χ3v) is 6.86. The largest absolute Gasteiger partial charge is 0.368 e. The predicted octanol–water partition coefficient (Wildman–Crippen LogP) is -0.142. The number of carbonyl (C=O) groups is 2. The molecule has 9 heteroatoms. The molecule has 0 radical (unpaired) electrons. The van der Waals surface area contributed by atoms with Crippen LogP contribution in [0.25, 0.3) is 0 Å². The zero-order valence-corrected chi connectivity index (χ0v) is 15.6. The van der Waals surface area contributed by atoms with Gasteiger partial charge in [0.15, 0.2) is 0 Å². The molecule has 2 amide bonds. The molecular formula is C17H24N4O4S. The normalized spacial score (nSPS) is 23.7. The van der Waals surface area contributed by atoms with Gasteiger partial charge in [0.2, 0.25) is 15.9 Å². The van der Waals surface area contributed by atoms with Crippen molar-refractivity contribution < 1.29 is 18.0 Å². The fraction of sp³-hybridized carbons (Fsp3) is 0.529. The Bertz CT molecular complexity index is 811. The SMILES string of the molecule is CN1CCN(C(=O)c2cccc(N3CCCCS3(=O)=O)c2)CC1C(N)=O. The van der Waals surface area contributed by atoms with Crippen LogP contribution >= 0.6 is 0 Å². The van der Waals surface area contributed by atoms with Gasteiger partial charge in [-0.1, -0.05) is 6.07 Å². The van der Waals surface area contributed by atoms with Crippen LogP contribution in [-0.4, -0.2) is 75.1 Å². The molecule has 8 nitrogen and oxygen atoms in total. The van der Waals surface area contributed by atoms with E-state index in [2.05, 4.69) is 0 Å². The van der Waals surface area contributed by atoms with E-state index in [1.54, 1.807) is 36.2 Å². The Hall–Kier alpha value is -2.13. The van der Waals surface area contributed by atoms with Gasteiger partial charge in [-0.2, -0.15) is 0 Å². The minimum atomic E-state index is -3.33. The van der Waals surface area contributed by atoms with E-state index in [1.807, 2.05) is 4.90 Å². The lowest BCUT2D eigenvalue weighted by atomic mass is 10.1. The molecule has 0 aliphatic carbocycles. The van der Waals surface area contributed by atoms with Crippen LogP contribution in [0.15, 0.2) is 24.3 Å². The zero-order chi connectivity index (χ0) is 18.9. The molecule has 0 saturated carbocycles. The summed E-state index contributed by atoms with van der Waals surface area (Å²) in [5.41, 5.74) is 6.34. The van der Waals surface area contributed by atoms with E-state index >= 15 is 0 Å². The van der Waals surface area contributed by atoms with Gasteiger partial charge < -0.3 is 10.6 Å². The van der Waals surface area contributed by atoms with Gasteiger partial charge in [0, 0.05) is 31.7 Å². The van der Waals surface area contributed by atoms with Crippen molar-refractivity contribution in [2.45, 2.75) is 18.9 Å². The number of likely N-dealkylation sites (N-methyl/N-ethyl adjacent to an activating group) is 1. The van der Waals surface area contributed by atoms with Crippen molar-refractivity contribution in [2.24, 2.45) is 5.73 Å². The highest BCUT2D eigenvalue weighted by molar-refractivity contribution is 7.92. The molecule has 1 aromatic rings. The second kappa shape index (κ2) is 7.24. The minimum Gasteiger partial charge on any atom is -0.368 e. The van der Waals surface area contributed by atoms with Gasteiger partial charge in [-0.15, -0.1) is 0 Å². The van der Waals surface area contributed by atoms with E-state index in [0.29, 0.717) is 37.3 Å². The predicted molar refractivity (Wildman–Crippen MR) is 98.3 cm³/mol. The summed E-state index contributed by atoms with van der Waals surface area (Å²) in [7, 11) is -1.53. The molecule has 2 N–H and O–H groups in total. The van der Waals surface area contributed by atoms with E-state index in [1.165, 1.54) is 4.31 Å². The summed E-state index contributed by atoms with van der Waals surface area (Å²) in [6.07, 6.45) is 1.46. The Morgan fingerprint density at radius 3 is 2.62 bits per heavy atom. The van der Waals surface area contributed by atoms with Crippen LogP contribution in [0.2, 0.25) is 0 Å². The Kier molecular flexibility index (Phi) is 5.19. The lowest BCUT2D eigenvalue weighted by Gasteiger charge is -2.37. The quantitative estimate of drug-likeness (QED) is 0.786. The maximum absolute atomic E-state index is 12.9. The molecule has 2 saturated heterocycles. The smallest absolute Gasteiger partial charge is 0.254 e. The van der Waals surface area contributed by atoms with Crippen molar-refractivity contribution in [1.29, 1.82) is 0 Å². The number of hydrogen-bond acceptors (Lipinski definition) is 5. The number of anilines is 1. The summed E-state index contributed by atoms with van der Waals surface area (Å²) in [4.78, 5) is 27.9. The maximum Gasteiger partial charge on any atom is 0.254 e. The van der Waals surface area contributed by atoms with Crippen LogP contribution in [0.1, 0.15) is 23.2 Å². The van der Waals surface area contributed by atoms with Crippen LogP contribution in [-0.2, 0) is 14.8 Å². The van der Waals surface area contributed by atoms with Crippen LogP contribution in [0.5, 0.6) is 0 Å². The van der Waals surface area contributed by atoms with Crippen LogP contribution in [0.4, 0.5) is 5.69 Å². The third kappa shape index (κ3) is 3.68. The number of sulfonamides is 1. The second-order valence-electron chi connectivity index (χ2n) is 6.80. The second-order valence-corrected chi connectivity index (χ2v) is 8.81. The maximum atomic E-state index is 12.9. The van der Waals surface area contributed by atoms with Crippen LogP contribution in [0.3, 0.4) is 0 Å². The van der Waals surface area contributed by atoms with Crippen molar-refractivity contribution in [3.8, 4) is 0 Å². The molecule has 1 aromatic carbocycles. The fourth-order valence-electron chi connectivity index (χ4n) is 3.42. The Balaban J connectivity index is 1.81. The molecule has 2 heterocycles. The molecular weight excluding hydrogens is 356 g/mol. The average Bonchev–Trinajstić information content (AvgIpc) is 2.61. The molecule has 26 heavy (non-hydrogen) atoms. The molecule has 0 spiro atoms. The number of nitrogens with two attached hydrogens (primary N) is 1. The van der Waals surface area contributed by atoms with E-state index in [-0.39, 0.29) is 18.2 Å².